The lowest BCUT2D eigenvalue weighted by Crippen LogP contribution is -2.32. The summed E-state index contributed by atoms with van der Waals surface area (Å²) in [7, 11) is 0. The third kappa shape index (κ3) is 4.36. The second-order valence-electron chi connectivity index (χ2n) is 6.52. The van der Waals surface area contributed by atoms with Crippen LogP contribution in [-0.4, -0.2) is 32.0 Å². The zero-order valence-corrected chi connectivity index (χ0v) is 16.3. The highest BCUT2D eigenvalue weighted by molar-refractivity contribution is 8.00. The molecule has 1 atom stereocenters. The molecule has 140 valence electrons. The quantitative estimate of drug-likeness (QED) is 0.605. The molecular formula is C19H19ClN4O2S. The van der Waals surface area contributed by atoms with E-state index in [0.29, 0.717) is 28.6 Å². The molecule has 8 heteroatoms. The summed E-state index contributed by atoms with van der Waals surface area (Å²) in [5.74, 6) is 1.53. The molecule has 1 amide bonds. The van der Waals surface area contributed by atoms with Crippen LogP contribution in [-0.2, 0) is 11.3 Å². The number of furan rings is 1. The van der Waals surface area contributed by atoms with Gasteiger partial charge in [0.1, 0.15) is 5.76 Å². The first kappa shape index (κ1) is 18.1. The van der Waals surface area contributed by atoms with Crippen molar-refractivity contribution in [3.8, 4) is 11.4 Å². The molecule has 0 radical (unpaired) electrons. The highest BCUT2D eigenvalue weighted by Gasteiger charge is 2.27. The van der Waals surface area contributed by atoms with E-state index < -0.39 is 0 Å². The SMILES string of the molecule is CC(Sc1nnc(-c2ccc(Cl)cc2)n1Cc1ccco1)C(=O)NC1CC1. The lowest BCUT2D eigenvalue weighted by molar-refractivity contribution is -0.120. The molecule has 2 heterocycles. The number of nitrogens with one attached hydrogen (secondary N) is 1. The Morgan fingerprint density at radius 2 is 2.11 bits per heavy atom. The molecular weight excluding hydrogens is 384 g/mol. The van der Waals surface area contributed by atoms with E-state index in [1.165, 1.54) is 11.8 Å². The summed E-state index contributed by atoms with van der Waals surface area (Å²) in [6, 6.07) is 11.5. The molecule has 3 aromatic rings. The second-order valence-corrected chi connectivity index (χ2v) is 8.27. The van der Waals surface area contributed by atoms with Crippen LogP contribution in [0.5, 0.6) is 0 Å². The van der Waals surface area contributed by atoms with Crippen LogP contribution >= 0.6 is 23.4 Å². The van der Waals surface area contributed by atoms with Gasteiger partial charge in [-0.1, -0.05) is 23.4 Å². The fourth-order valence-corrected chi connectivity index (χ4v) is 3.63. The first-order valence-electron chi connectivity index (χ1n) is 8.78. The fourth-order valence-electron chi connectivity index (χ4n) is 2.65. The van der Waals surface area contributed by atoms with Crippen molar-refractivity contribution >= 4 is 29.3 Å². The number of carbonyl (C=O) groups excluding carboxylic acids is 1. The predicted octanol–water partition coefficient (Wildman–Crippen LogP) is 4.00. The van der Waals surface area contributed by atoms with Gasteiger partial charge in [0.2, 0.25) is 5.91 Å². The summed E-state index contributed by atoms with van der Waals surface area (Å²) in [5.41, 5.74) is 0.903. The van der Waals surface area contributed by atoms with Crippen molar-refractivity contribution in [2.24, 2.45) is 0 Å². The summed E-state index contributed by atoms with van der Waals surface area (Å²) < 4.78 is 7.47. The molecule has 2 aromatic heterocycles. The number of nitrogens with zero attached hydrogens (tertiary/aromatic N) is 3. The Labute approximate surface area is 166 Å². The van der Waals surface area contributed by atoms with Gasteiger partial charge < -0.3 is 9.73 Å². The molecule has 1 N–H and O–H groups in total. The van der Waals surface area contributed by atoms with E-state index in [4.69, 9.17) is 16.0 Å². The van der Waals surface area contributed by atoms with Crippen molar-refractivity contribution in [2.45, 2.75) is 42.8 Å². The lowest BCUT2D eigenvalue weighted by Gasteiger charge is -2.13. The number of hydrogen-bond donors (Lipinski definition) is 1. The molecule has 1 saturated carbocycles. The number of carbonyl (C=O) groups is 1. The van der Waals surface area contributed by atoms with Gasteiger partial charge in [-0.05, 0) is 56.2 Å². The van der Waals surface area contributed by atoms with Crippen molar-refractivity contribution in [1.29, 1.82) is 0 Å². The number of hydrogen-bond acceptors (Lipinski definition) is 5. The van der Waals surface area contributed by atoms with Gasteiger partial charge in [0.15, 0.2) is 11.0 Å². The van der Waals surface area contributed by atoms with Gasteiger partial charge in [0.25, 0.3) is 0 Å². The van der Waals surface area contributed by atoms with Crippen molar-refractivity contribution in [2.75, 3.05) is 0 Å². The van der Waals surface area contributed by atoms with Crippen LogP contribution in [0.1, 0.15) is 25.5 Å². The summed E-state index contributed by atoms with van der Waals surface area (Å²) in [5, 5.41) is 12.8. The van der Waals surface area contributed by atoms with Crippen molar-refractivity contribution < 1.29 is 9.21 Å². The average Bonchev–Trinajstić information content (AvgIpc) is 3.16. The molecule has 1 fully saturated rings. The standard InChI is InChI=1S/C19H19ClN4O2S/c1-12(18(25)21-15-8-9-15)27-19-23-22-17(13-4-6-14(20)7-5-13)24(19)11-16-3-2-10-26-16/h2-7,10,12,15H,8-9,11H2,1H3,(H,21,25). The minimum atomic E-state index is -0.261. The van der Waals surface area contributed by atoms with E-state index in [1.807, 2.05) is 47.9 Å². The molecule has 0 aliphatic heterocycles. The Balaban J connectivity index is 1.61. The smallest absolute Gasteiger partial charge is 0.233 e. The first-order valence-corrected chi connectivity index (χ1v) is 10.0. The van der Waals surface area contributed by atoms with Crippen LogP contribution in [0.4, 0.5) is 0 Å². The largest absolute Gasteiger partial charge is 0.467 e. The number of aromatic nitrogens is 3. The number of rotatable bonds is 7. The van der Waals surface area contributed by atoms with Crippen LogP contribution in [0.2, 0.25) is 5.02 Å². The molecule has 0 bridgehead atoms. The Hall–Kier alpha value is -2.25. The van der Waals surface area contributed by atoms with E-state index in [1.54, 1.807) is 6.26 Å². The fraction of sp³-hybridized carbons (Fsp3) is 0.316. The van der Waals surface area contributed by atoms with Crippen LogP contribution in [0.3, 0.4) is 0 Å². The Morgan fingerprint density at radius 1 is 1.33 bits per heavy atom. The van der Waals surface area contributed by atoms with E-state index in [0.717, 1.165) is 24.2 Å². The maximum absolute atomic E-state index is 12.3. The van der Waals surface area contributed by atoms with Gasteiger partial charge >= 0.3 is 0 Å². The molecule has 1 aliphatic rings. The van der Waals surface area contributed by atoms with E-state index in [9.17, 15) is 4.79 Å². The number of benzene rings is 1. The normalized spacial score (nSPS) is 14.9. The van der Waals surface area contributed by atoms with Crippen LogP contribution < -0.4 is 5.32 Å². The molecule has 4 rings (SSSR count). The third-order valence-electron chi connectivity index (χ3n) is 4.29. The van der Waals surface area contributed by atoms with Crippen LogP contribution in [0, 0.1) is 0 Å². The van der Waals surface area contributed by atoms with Gasteiger partial charge in [-0.2, -0.15) is 0 Å². The first-order chi connectivity index (χ1) is 13.1. The Bertz CT molecular complexity index is 920. The molecule has 6 nitrogen and oxygen atoms in total. The lowest BCUT2D eigenvalue weighted by atomic mass is 10.2. The summed E-state index contributed by atoms with van der Waals surface area (Å²) in [6.07, 6.45) is 3.78. The Kier molecular flexibility index (Phi) is 5.22. The van der Waals surface area contributed by atoms with Gasteiger partial charge in [-0.25, -0.2) is 0 Å². The zero-order chi connectivity index (χ0) is 18.8. The molecule has 1 aromatic carbocycles. The zero-order valence-electron chi connectivity index (χ0n) is 14.8. The van der Waals surface area contributed by atoms with E-state index >= 15 is 0 Å². The molecule has 1 unspecified atom stereocenters. The predicted molar refractivity (Wildman–Crippen MR) is 105 cm³/mol. The summed E-state index contributed by atoms with van der Waals surface area (Å²) in [4.78, 5) is 12.3. The van der Waals surface area contributed by atoms with Crippen LogP contribution in [0.15, 0.2) is 52.2 Å². The van der Waals surface area contributed by atoms with Gasteiger partial charge in [0.05, 0.1) is 18.1 Å². The van der Waals surface area contributed by atoms with Gasteiger partial charge in [0, 0.05) is 16.6 Å². The van der Waals surface area contributed by atoms with Crippen LogP contribution in [0.25, 0.3) is 11.4 Å². The molecule has 1 aliphatic carbocycles. The average molecular weight is 403 g/mol. The molecule has 27 heavy (non-hydrogen) atoms. The number of halogens is 1. The molecule has 0 spiro atoms. The second kappa shape index (κ2) is 7.78. The number of amides is 1. The maximum Gasteiger partial charge on any atom is 0.233 e. The highest BCUT2D eigenvalue weighted by atomic mass is 35.5. The number of thioether (sulfide) groups is 1. The Morgan fingerprint density at radius 3 is 2.78 bits per heavy atom. The van der Waals surface area contributed by atoms with E-state index in [2.05, 4.69) is 15.5 Å². The topological polar surface area (TPSA) is 73.0 Å². The van der Waals surface area contributed by atoms with Crippen molar-refractivity contribution in [3.63, 3.8) is 0 Å². The van der Waals surface area contributed by atoms with Crippen molar-refractivity contribution in [3.05, 3.63) is 53.4 Å². The summed E-state index contributed by atoms with van der Waals surface area (Å²) >= 11 is 7.40. The monoisotopic (exact) mass is 402 g/mol. The highest BCUT2D eigenvalue weighted by Crippen LogP contribution is 2.29. The maximum atomic E-state index is 12.3. The minimum Gasteiger partial charge on any atom is -0.467 e. The summed E-state index contributed by atoms with van der Waals surface area (Å²) in [6.45, 7) is 2.37. The molecule has 0 saturated heterocycles. The minimum absolute atomic E-state index is 0.0306. The third-order valence-corrected chi connectivity index (χ3v) is 5.62. The van der Waals surface area contributed by atoms with Gasteiger partial charge in [-0.3, -0.25) is 9.36 Å². The van der Waals surface area contributed by atoms with E-state index in [-0.39, 0.29) is 11.2 Å². The van der Waals surface area contributed by atoms with Crippen molar-refractivity contribution in [1.82, 2.24) is 20.1 Å². The van der Waals surface area contributed by atoms with Gasteiger partial charge in [-0.15, -0.1) is 10.2 Å².